The van der Waals surface area contributed by atoms with Crippen LogP contribution in [-0.4, -0.2) is 47.7 Å². The molecule has 0 radical (unpaired) electrons. The van der Waals surface area contributed by atoms with Gasteiger partial charge < -0.3 is 9.64 Å². The number of methoxy groups -OCH3 is 1. The summed E-state index contributed by atoms with van der Waals surface area (Å²) < 4.78 is 5.32. The fraction of sp³-hybridized carbons (Fsp3) is 0.381. The molecule has 0 atom stereocenters. The van der Waals surface area contributed by atoms with Gasteiger partial charge in [0.25, 0.3) is 0 Å². The Balaban J connectivity index is 1.71. The third-order valence-corrected chi connectivity index (χ3v) is 6.84. The average Bonchev–Trinajstić information content (AvgIpc) is 3.13. The van der Waals surface area contributed by atoms with Crippen LogP contribution in [0.5, 0.6) is 5.75 Å². The summed E-state index contributed by atoms with van der Waals surface area (Å²) in [6, 6.07) is 12.1. The van der Waals surface area contributed by atoms with Crippen molar-refractivity contribution in [2.75, 3.05) is 32.5 Å². The summed E-state index contributed by atoms with van der Waals surface area (Å²) in [4.78, 5) is 7.41. The zero-order chi connectivity index (χ0) is 19.9. The van der Waals surface area contributed by atoms with Gasteiger partial charge in [-0.05, 0) is 45.0 Å². The molecule has 3 rings (SSSR count). The molecule has 0 aliphatic carbocycles. The lowest BCUT2D eigenvalue weighted by atomic mass is 10.2. The summed E-state index contributed by atoms with van der Waals surface area (Å²) in [6.07, 6.45) is 0. The van der Waals surface area contributed by atoms with Crippen molar-refractivity contribution in [3.05, 3.63) is 42.1 Å². The zero-order valence-electron chi connectivity index (χ0n) is 16.9. The van der Waals surface area contributed by atoms with E-state index in [1.807, 2.05) is 31.2 Å². The van der Waals surface area contributed by atoms with Crippen LogP contribution >= 0.6 is 23.1 Å². The first-order chi connectivity index (χ1) is 13.6. The number of hydrogen-bond donors (Lipinski definition) is 1. The molecule has 0 saturated heterocycles. The van der Waals surface area contributed by atoms with Gasteiger partial charge in [0.05, 0.1) is 37.3 Å². The number of hydrogen-bond acceptors (Lipinski definition) is 6. The lowest BCUT2D eigenvalue weighted by molar-refractivity contribution is -0.893. The number of thiazole rings is 1. The van der Waals surface area contributed by atoms with Crippen LogP contribution in [0, 0.1) is 6.92 Å². The molecule has 0 aliphatic rings. The van der Waals surface area contributed by atoms with Crippen molar-refractivity contribution in [1.82, 2.24) is 15.2 Å². The van der Waals surface area contributed by atoms with E-state index in [9.17, 15) is 0 Å². The van der Waals surface area contributed by atoms with E-state index in [1.165, 1.54) is 13.1 Å². The van der Waals surface area contributed by atoms with Crippen molar-refractivity contribution in [3.63, 3.8) is 0 Å². The van der Waals surface area contributed by atoms with Crippen LogP contribution in [0.25, 0.3) is 21.1 Å². The molecule has 0 fully saturated rings. The first kappa shape index (κ1) is 20.8. The number of rotatable bonds is 9. The molecule has 148 valence electrons. The van der Waals surface area contributed by atoms with E-state index in [0.717, 1.165) is 49.9 Å². The van der Waals surface area contributed by atoms with Crippen LogP contribution in [0.1, 0.15) is 19.5 Å². The highest BCUT2D eigenvalue weighted by atomic mass is 32.2. The molecule has 28 heavy (non-hydrogen) atoms. The number of benzene rings is 1. The molecule has 7 heteroatoms. The minimum atomic E-state index is 0.833. The Bertz CT molecular complexity index is 892. The number of aryl methyl sites for hydroxylation is 1. The minimum absolute atomic E-state index is 0.833. The smallest absolute Gasteiger partial charge is 0.124 e. The molecule has 5 nitrogen and oxygen atoms in total. The Hall–Kier alpha value is -1.96. The second-order valence-electron chi connectivity index (χ2n) is 6.48. The second-order valence-corrected chi connectivity index (χ2v) is 8.59. The minimum Gasteiger partial charge on any atom is -0.497 e. The number of thioether (sulfide) groups is 1. The number of quaternary nitrogens is 1. The van der Waals surface area contributed by atoms with Crippen molar-refractivity contribution in [2.24, 2.45) is 0 Å². The van der Waals surface area contributed by atoms with Crippen molar-refractivity contribution in [3.8, 4) is 26.9 Å². The van der Waals surface area contributed by atoms with Crippen molar-refractivity contribution >= 4 is 23.1 Å². The van der Waals surface area contributed by atoms with Gasteiger partial charge in [-0.1, -0.05) is 23.9 Å². The fourth-order valence-corrected chi connectivity index (χ4v) is 4.83. The summed E-state index contributed by atoms with van der Waals surface area (Å²) in [7, 11) is 1.68. The molecule has 0 amide bonds. The second kappa shape index (κ2) is 10.0. The monoisotopic (exact) mass is 415 g/mol. The summed E-state index contributed by atoms with van der Waals surface area (Å²) in [5.74, 6) is 1.89. The van der Waals surface area contributed by atoms with Gasteiger partial charge >= 0.3 is 0 Å². The molecular formula is C21H27N4OS2+. The van der Waals surface area contributed by atoms with Gasteiger partial charge in [0.1, 0.15) is 21.5 Å². The molecule has 1 aromatic carbocycles. The molecule has 0 spiro atoms. The predicted molar refractivity (Wildman–Crippen MR) is 118 cm³/mol. The Kier molecular flexibility index (Phi) is 7.42. The molecule has 1 N–H and O–H groups in total. The highest BCUT2D eigenvalue weighted by molar-refractivity contribution is 7.99. The maximum Gasteiger partial charge on any atom is 0.124 e. The lowest BCUT2D eigenvalue weighted by Crippen LogP contribution is -3.11. The summed E-state index contributed by atoms with van der Waals surface area (Å²) in [5, 5.41) is 10.8. The first-order valence-corrected chi connectivity index (χ1v) is 11.4. The standard InChI is InChI=1S/C21H26N4OS2/c1-5-25(6-2)12-13-27-19-11-10-18(23-24-19)20-15(3)22-21(28-20)16-8-7-9-17(14-16)26-4/h7-11,14H,5-6,12-13H2,1-4H3/p+1. The van der Waals surface area contributed by atoms with Gasteiger partial charge in [-0.3, -0.25) is 0 Å². The van der Waals surface area contributed by atoms with Crippen LogP contribution in [0.15, 0.2) is 41.4 Å². The SMILES string of the molecule is CC[NH+](CC)CCSc1ccc(-c2sc(-c3cccc(OC)c3)nc2C)nn1. The van der Waals surface area contributed by atoms with Crippen LogP contribution in [0.2, 0.25) is 0 Å². The van der Waals surface area contributed by atoms with Gasteiger partial charge in [-0.2, -0.15) is 0 Å². The third-order valence-electron chi connectivity index (χ3n) is 4.69. The summed E-state index contributed by atoms with van der Waals surface area (Å²) in [5.41, 5.74) is 2.91. The normalized spacial score (nSPS) is 11.2. The summed E-state index contributed by atoms with van der Waals surface area (Å²) >= 11 is 3.41. The third kappa shape index (κ3) is 5.10. The largest absolute Gasteiger partial charge is 0.497 e. The van der Waals surface area contributed by atoms with E-state index in [0.29, 0.717) is 0 Å². The van der Waals surface area contributed by atoms with Crippen molar-refractivity contribution in [2.45, 2.75) is 25.8 Å². The highest BCUT2D eigenvalue weighted by Crippen LogP contribution is 2.35. The molecule has 0 bridgehead atoms. The molecule has 3 aromatic rings. The average molecular weight is 416 g/mol. The van der Waals surface area contributed by atoms with Crippen molar-refractivity contribution in [1.29, 1.82) is 0 Å². The van der Waals surface area contributed by atoms with Crippen LogP contribution in [0.3, 0.4) is 0 Å². The van der Waals surface area contributed by atoms with E-state index in [4.69, 9.17) is 9.72 Å². The maximum absolute atomic E-state index is 5.32. The molecule has 0 aliphatic heterocycles. The van der Waals surface area contributed by atoms with Gasteiger partial charge in [0.15, 0.2) is 0 Å². The van der Waals surface area contributed by atoms with Crippen LogP contribution in [-0.2, 0) is 0 Å². The predicted octanol–water partition coefficient (Wildman–Crippen LogP) is 3.60. The Morgan fingerprint density at radius 2 is 1.93 bits per heavy atom. The van der Waals surface area contributed by atoms with E-state index >= 15 is 0 Å². The summed E-state index contributed by atoms with van der Waals surface area (Å²) in [6.45, 7) is 9.97. The van der Waals surface area contributed by atoms with Gasteiger partial charge in [-0.25, -0.2) is 4.98 Å². The van der Waals surface area contributed by atoms with Gasteiger partial charge in [-0.15, -0.1) is 21.5 Å². The molecular weight excluding hydrogens is 388 g/mol. The quantitative estimate of drug-likeness (QED) is 0.541. The maximum atomic E-state index is 5.32. The molecule has 0 saturated carbocycles. The first-order valence-electron chi connectivity index (χ1n) is 9.56. The van der Waals surface area contributed by atoms with E-state index in [-0.39, 0.29) is 0 Å². The van der Waals surface area contributed by atoms with Gasteiger partial charge in [0.2, 0.25) is 0 Å². The number of aromatic nitrogens is 3. The lowest BCUT2D eigenvalue weighted by Gasteiger charge is -2.14. The fourth-order valence-electron chi connectivity index (χ4n) is 2.94. The van der Waals surface area contributed by atoms with E-state index < -0.39 is 0 Å². The van der Waals surface area contributed by atoms with E-state index in [2.05, 4.69) is 36.2 Å². The Labute approximate surface area is 175 Å². The number of nitrogens with one attached hydrogen (secondary N) is 1. The molecule has 0 unspecified atom stereocenters. The number of ether oxygens (including phenoxy) is 1. The number of nitrogens with zero attached hydrogens (tertiary/aromatic N) is 3. The van der Waals surface area contributed by atoms with Crippen LogP contribution in [0.4, 0.5) is 0 Å². The topological polar surface area (TPSA) is 52.3 Å². The van der Waals surface area contributed by atoms with Crippen molar-refractivity contribution < 1.29 is 9.64 Å². The highest BCUT2D eigenvalue weighted by Gasteiger charge is 2.14. The molecule has 2 aromatic heterocycles. The zero-order valence-corrected chi connectivity index (χ0v) is 18.5. The van der Waals surface area contributed by atoms with Crippen LogP contribution < -0.4 is 9.64 Å². The van der Waals surface area contributed by atoms with Gasteiger partial charge in [0, 0.05) is 11.3 Å². The molecule has 2 heterocycles. The Morgan fingerprint density at radius 1 is 1.11 bits per heavy atom. The Morgan fingerprint density at radius 3 is 2.61 bits per heavy atom. The van der Waals surface area contributed by atoms with E-state index in [1.54, 1.807) is 35.1 Å².